The minimum atomic E-state index is 0.136. The summed E-state index contributed by atoms with van der Waals surface area (Å²) in [4.78, 5) is 6.81. The number of hydrogen-bond acceptors (Lipinski definition) is 5. The zero-order valence-corrected chi connectivity index (χ0v) is 15.9. The van der Waals surface area contributed by atoms with Gasteiger partial charge in [-0.1, -0.05) is 12.1 Å². The molecule has 2 aromatic rings. The van der Waals surface area contributed by atoms with E-state index in [-0.39, 0.29) is 6.10 Å². The number of nitrogens with zero attached hydrogens (tertiary/aromatic N) is 2. The van der Waals surface area contributed by atoms with Crippen molar-refractivity contribution in [2.24, 2.45) is 0 Å². The summed E-state index contributed by atoms with van der Waals surface area (Å²) >= 11 is 0. The van der Waals surface area contributed by atoms with Gasteiger partial charge in [-0.2, -0.15) is 0 Å². The molecule has 1 aromatic carbocycles. The van der Waals surface area contributed by atoms with Crippen molar-refractivity contribution in [3.63, 3.8) is 0 Å². The number of aromatic nitrogens is 1. The van der Waals surface area contributed by atoms with E-state index in [4.69, 9.17) is 9.47 Å². The summed E-state index contributed by atoms with van der Waals surface area (Å²) in [7, 11) is 1.69. The molecule has 0 bridgehead atoms. The lowest BCUT2D eigenvalue weighted by molar-refractivity contribution is 0.230. The van der Waals surface area contributed by atoms with E-state index in [1.165, 1.54) is 5.56 Å². The summed E-state index contributed by atoms with van der Waals surface area (Å²) in [6.07, 6.45) is 4.25. The van der Waals surface area contributed by atoms with E-state index in [9.17, 15) is 0 Å². The van der Waals surface area contributed by atoms with Gasteiger partial charge in [0.05, 0.1) is 13.2 Å². The van der Waals surface area contributed by atoms with Crippen LogP contribution in [0.15, 0.2) is 42.6 Å². The average molecular weight is 355 g/mol. The number of benzene rings is 1. The molecule has 26 heavy (non-hydrogen) atoms. The molecule has 0 saturated carbocycles. The molecule has 1 aliphatic heterocycles. The Balaban J connectivity index is 1.50. The van der Waals surface area contributed by atoms with Crippen LogP contribution in [0.5, 0.6) is 11.5 Å². The van der Waals surface area contributed by atoms with Gasteiger partial charge in [0.15, 0.2) is 11.5 Å². The van der Waals surface area contributed by atoms with Gasteiger partial charge in [0.2, 0.25) is 0 Å². The van der Waals surface area contributed by atoms with Crippen molar-refractivity contribution in [3.8, 4) is 11.5 Å². The molecule has 1 N–H and O–H groups in total. The molecule has 0 unspecified atom stereocenters. The molecule has 0 spiro atoms. The van der Waals surface area contributed by atoms with Gasteiger partial charge in [-0.05, 0) is 56.5 Å². The fourth-order valence-corrected chi connectivity index (χ4v) is 3.29. The number of ether oxygens (including phenoxy) is 2. The highest BCUT2D eigenvalue weighted by Gasteiger charge is 2.19. The summed E-state index contributed by atoms with van der Waals surface area (Å²) in [6, 6.07) is 12.8. The molecule has 1 saturated heterocycles. The van der Waals surface area contributed by atoms with E-state index in [2.05, 4.69) is 33.4 Å². The van der Waals surface area contributed by atoms with Crippen LogP contribution in [0.2, 0.25) is 0 Å². The zero-order chi connectivity index (χ0) is 18.4. The fraction of sp³-hybridized carbons (Fsp3) is 0.476. The number of hydrogen-bond donors (Lipinski definition) is 1. The van der Waals surface area contributed by atoms with E-state index in [1.807, 2.05) is 38.2 Å². The number of pyridine rings is 1. The molecule has 1 aliphatic rings. The lowest BCUT2D eigenvalue weighted by Gasteiger charge is -2.33. The lowest BCUT2D eigenvalue weighted by atomic mass is 10.0. The second-order valence-electron chi connectivity index (χ2n) is 6.98. The van der Waals surface area contributed by atoms with Crippen LogP contribution < -0.4 is 19.7 Å². The first-order chi connectivity index (χ1) is 12.7. The quantitative estimate of drug-likeness (QED) is 0.822. The van der Waals surface area contributed by atoms with Crippen molar-refractivity contribution in [2.45, 2.75) is 45.4 Å². The summed E-state index contributed by atoms with van der Waals surface area (Å²) in [5, 5.41) is 3.68. The fourth-order valence-electron chi connectivity index (χ4n) is 3.29. The first-order valence-corrected chi connectivity index (χ1v) is 9.38. The predicted octanol–water partition coefficient (Wildman–Crippen LogP) is 3.64. The summed E-state index contributed by atoms with van der Waals surface area (Å²) < 4.78 is 11.3. The maximum absolute atomic E-state index is 5.78. The summed E-state index contributed by atoms with van der Waals surface area (Å²) in [5.41, 5.74) is 1.21. The Bertz CT molecular complexity index is 683. The largest absolute Gasteiger partial charge is 0.493 e. The second-order valence-corrected chi connectivity index (χ2v) is 6.98. The Labute approximate surface area is 156 Å². The van der Waals surface area contributed by atoms with Gasteiger partial charge < -0.3 is 19.7 Å². The minimum absolute atomic E-state index is 0.136. The molecule has 5 heteroatoms. The standard InChI is InChI=1S/C21H29N3O2/c1-16(2)26-19-8-7-17(14-20(19)25-3)15-23-18-9-12-24(13-10-18)21-6-4-5-11-22-21/h4-8,11,14,16,18,23H,9-10,12-13,15H2,1-3H3. The van der Waals surface area contributed by atoms with E-state index in [1.54, 1.807) is 7.11 Å². The van der Waals surface area contributed by atoms with Gasteiger partial charge in [0.1, 0.15) is 5.82 Å². The predicted molar refractivity (Wildman–Crippen MR) is 105 cm³/mol. The minimum Gasteiger partial charge on any atom is -0.493 e. The molecule has 0 atom stereocenters. The molecule has 1 aromatic heterocycles. The maximum Gasteiger partial charge on any atom is 0.161 e. The molecule has 1 fully saturated rings. The van der Waals surface area contributed by atoms with Crippen molar-refractivity contribution in [2.75, 3.05) is 25.1 Å². The summed E-state index contributed by atoms with van der Waals surface area (Å²) in [5.74, 6) is 2.68. The number of piperidine rings is 1. The van der Waals surface area contributed by atoms with Gasteiger partial charge in [0.25, 0.3) is 0 Å². The van der Waals surface area contributed by atoms with E-state index in [0.717, 1.165) is 49.8 Å². The number of rotatable bonds is 7. The van der Waals surface area contributed by atoms with Crippen LogP contribution in [0.1, 0.15) is 32.3 Å². The average Bonchev–Trinajstić information content (AvgIpc) is 2.68. The Morgan fingerprint density at radius 2 is 1.96 bits per heavy atom. The van der Waals surface area contributed by atoms with Crippen molar-refractivity contribution in [1.82, 2.24) is 10.3 Å². The van der Waals surface area contributed by atoms with Crippen molar-refractivity contribution < 1.29 is 9.47 Å². The van der Waals surface area contributed by atoms with Crippen LogP contribution in [-0.4, -0.2) is 37.3 Å². The van der Waals surface area contributed by atoms with Crippen LogP contribution in [-0.2, 0) is 6.54 Å². The van der Waals surface area contributed by atoms with E-state index >= 15 is 0 Å². The molecule has 2 heterocycles. The van der Waals surface area contributed by atoms with Gasteiger partial charge in [-0.25, -0.2) is 4.98 Å². The van der Waals surface area contributed by atoms with Crippen LogP contribution in [0.3, 0.4) is 0 Å². The zero-order valence-electron chi connectivity index (χ0n) is 15.9. The van der Waals surface area contributed by atoms with Gasteiger partial charge in [0, 0.05) is 31.9 Å². The Kier molecular flexibility index (Phi) is 6.34. The molecule has 5 nitrogen and oxygen atoms in total. The topological polar surface area (TPSA) is 46.6 Å². The third-order valence-electron chi connectivity index (χ3n) is 4.65. The molecular formula is C21H29N3O2. The highest BCUT2D eigenvalue weighted by molar-refractivity contribution is 5.43. The number of nitrogens with one attached hydrogen (secondary N) is 1. The van der Waals surface area contributed by atoms with Crippen molar-refractivity contribution in [3.05, 3.63) is 48.2 Å². The molecule has 3 rings (SSSR count). The van der Waals surface area contributed by atoms with Gasteiger partial charge in [-0.15, -0.1) is 0 Å². The molecule has 0 radical (unpaired) electrons. The highest BCUT2D eigenvalue weighted by Crippen LogP contribution is 2.29. The Morgan fingerprint density at radius 1 is 1.15 bits per heavy atom. The molecule has 140 valence electrons. The number of methoxy groups -OCH3 is 1. The van der Waals surface area contributed by atoms with Crippen molar-refractivity contribution in [1.29, 1.82) is 0 Å². The van der Waals surface area contributed by atoms with Crippen molar-refractivity contribution >= 4 is 5.82 Å². The third kappa shape index (κ3) is 4.88. The smallest absolute Gasteiger partial charge is 0.161 e. The normalized spacial score (nSPS) is 15.3. The molecular weight excluding hydrogens is 326 g/mol. The van der Waals surface area contributed by atoms with Crippen LogP contribution in [0.25, 0.3) is 0 Å². The van der Waals surface area contributed by atoms with Crippen LogP contribution >= 0.6 is 0 Å². The van der Waals surface area contributed by atoms with E-state index in [0.29, 0.717) is 6.04 Å². The molecule has 0 aliphatic carbocycles. The first-order valence-electron chi connectivity index (χ1n) is 9.38. The molecule has 0 amide bonds. The maximum atomic E-state index is 5.78. The third-order valence-corrected chi connectivity index (χ3v) is 4.65. The highest BCUT2D eigenvalue weighted by atomic mass is 16.5. The Morgan fingerprint density at radius 3 is 2.62 bits per heavy atom. The van der Waals surface area contributed by atoms with Crippen LogP contribution in [0.4, 0.5) is 5.82 Å². The SMILES string of the molecule is COc1cc(CNC2CCN(c3ccccn3)CC2)ccc1OC(C)C. The lowest BCUT2D eigenvalue weighted by Crippen LogP contribution is -2.42. The van der Waals surface area contributed by atoms with Crippen LogP contribution in [0, 0.1) is 0 Å². The number of anilines is 1. The second kappa shape index (κ2) is 8.90. The summed E-state index contributed by atoms with van der Waals surface area (Å²) in [6.45, 7) is 6.96. The monoisotopic (exact) mass is 355 g/mol. The Hall–Kier alpha value is -2.27. The van der Waals surface area contributed by atoms with E-state index < -0.39 is 0 Å². The van der Waals surface area contributed by atoms with Gasteiger partial charge >= 0.3 is 0 Å². The first kappa shape index (κ1) is 18.5. The van der Waals surface area contributed by atoms with Gasteiger partial charge in [-0.3, -0.25) is 0 Å².